The van der Waals surface area contributed by atoms with Crippen LogP contribution in [0.25, 0.3) is 0 Å². The van der Waals surface area contributed by atoms with Gasteiger partial charge in [-0.15, -0.1) is 0 Å². The van der Waals surface area contributed by atoms with Crippen molar-refractivity contribution in [2.24, 2.45) is 5.41 Å². The van der Waals surface area contributed by atoms with Crippen molar-refractivity contribution in [3.05, 3.63) is 23.8 Å². The van der Waals surface area contributed by atoms with Crippen molar-refractivity contribution >= 4 is 17.6 Å². The maximum absolute atomic E-state index is 11.4. The number of carbonyl (C=O) groups excluding carboxylic acids is 1. The lowest BCUT2D eigenvalue weighted by Crippen LogP contribution is -2.40. The van der Waals surface area contributed by atoms with E-state index in [0.717, 1.165) is 5.56 Å². The summed E-state index contributed by atoms with van der Waals surface area (Å²) >= 11 is 0. The number of rotatable bonds is 7. The van der Waals surface area contributed by atoms with Gasteiger partial charge in [-0.25, -0.2) is 0 Å². The maximum Gasteiger partial charge on any atom is 0.310 e. The third kappa shape index (κ3) is 3.39. The highest BCUT2D eigenvalue weighted by Crippen LogP contribution is 2.29. The Bertz CT molecular complexity index is 567. The molecule has 6 heteroatoms. The summed E-state index contributed by atoms with van der Waals surface area (Å²) in [6.45, 7) is 4.78. The van der Waals surface area contributed by atoms with E-state index in [4.69, 9.17) is 4.74 Å². The van der Waals surface area contributed by atoms with E-state index in [1.807, 2.05) is 32.0 Å². The Morgan fingerprint density at radius 1 is 1.41 bits per heavy atom. The molecule has 0 saturated heterocycles. The molecular weight excluding hydrogens is 284 g/mol. The van der Waals surface area contributed by atoms with Gasteiger partial charge in [0.05, 0.1) is 11.1 Å². The third-order valence-electron chi connectivity index (χ3n) is 4.28. The normalized spacial score (nSPS) is 14.0. The molecule has 1 aromatic rings. The van der Waals surface area contributed by atoms with Crippen LogP contribution in [0, 0.1) is 5.41 Å². The Kier molecular flexibility index (Phi) is 5.03. The van der Waals surface area contributed by atoms with Crippen LogP contribution in [-0.4, -0.2) is 30.1 Å². The van der Waals surface area contributed by atoms with Crippen molar-refractivity contribution in [2.75, 3.05) is 18.5 Å². The minimum atomic E-state index is -0.767. The van der Waals surface area contributed by atoms with E-state index < -0.39 is 11.4 Å². The Hall–Kier alpha value is -2.08. The van der Waals surface area contributed by atoms with Gasteiger partial charge in [-0.05, 0) is 30.5 Å². The van der Waals surface area contributed by atoms with Gasteiger partial charge in [0.1, 0.15) is 5.75 Å². The molecule has 0 radical (unpaired) electrons. The van der Waals surface area contributed by atoms with E-state index in [-0.39, 0.29) is 12.5 Å². The topological polar surface area (TPSA) is 87.7 Å². The van der Waals surface area contributed by atoms with Crippen molar-refractivity contribution in [1.29, 1.82) is 0 Å². The Balaban J connectivity index is 1.99. The molecule has 1 heterocycles. The number of ether oxygens (including phenoxy) is 1. The Morgan fingerprint density at radius 3 is 2.77 bits per heavy atom. The van der Waals surface area contributed by atoms with Gasteiger partial charge < -0.3 is 20.5 Å². The van der Waals surface area contributed by atoms with Crippen LogP contribution in [0.1, 0.15) is 32.3 Å². The predicted octanol–water partition coefficient (Wildman–Crippen LogP) is 2.00. The highest BCUT2D eigenvalue weighted by atomic mass is 16.5. The smallest absolute Gasteiger partial charge is 0.310 e. The number of carboxylic acids is 1. The largest absolute Gasteiger partial charge is 0.482 e. The van der Waals surface area contributed by atoms with Crippen molar-refractivity contribution in [3.8, 4) is 5.75 Å². The van der Waals surface area contributed by atoms with Gasteiger partial charge in [0, 0.05) is 13.1 Å². The van der Waals surface area contributed by atoms with Crippen molar-refractivity contribution in [2.45, 2.75) is 33.2 Å². The van der Waals surface area contributed by atoms with Crippen molar-refractivity contribution in [3.63, 3.8) is 0 Å². The molecule has 1 amide bonds. The van der Waals surface area contributed by atoms with Gasteiger partial charge in [-0.3, -0.25) is 9.59 Å². The number of carbonyl (C=O) groups is 2. The second-order valence-corrected chi connectivity index (χ2v) is 5.56. The van der Waals surface area contributed by atoms with Crippen LogP contribution in [0.2, 0.25) is 0 Å². The fourth-order valence-electron chi connectivity index (χ4n) is 2.56. The molecule has 0 aliphatic carbocycles. The summed E-state index contributed by atoms with van der Waals surface area (Å²) in [6, 6.07) is 5.57. The van der Waals surface area contributed by atoms with E-state index in [0.29, 0.717) is 37.4 Å². The molecule has 1 aliphatic rings. The molecule has 0 aromatic heterocycles. The van der Waals surface area contributed by atoms with E-state index in [1.54, 1.807) is 0 Å². The first-order valence-electron chi connectivity index (χ1n) is 7.50. The number of benzene rings is 1. The molecular formula is C16H22N2O4. The average Bonchev–Trinajstić information content (AvgIpc) is 2.51. The molecule has 120 valence electrons. The van der Waals surface area contributed by atoms with E-state index in [1.165, 1.54) is 0 Å². The highest BCUT2D eigenvalue weighted by molar-refractivity contribution is 5.95. The predicted molar refractivity (Wildman–Crippen MR) is 82.9 cm³/mol. The van der Waals surface area contributed by atoms with Crippen molar-refractivity contribution in [1.82, 2.24) is 5.32 Å². The van der Waals surface area contributed by atoms with Gasteiger partial charge in [0.25, 0.3) is 5.91 Å². The summed E-state index contributed by atoms with van der Waals surface area (Å²) in [6.07, 6.45) is 1.17. The molecule has 6 nitrogen and oxygen atoms in total. The number of hydrogen-bond acceptors (Lipinski definition) is 4. The minimum absolute atomic E-state index is 0.0404. The van der Waals surface area contributed by atoms with E-state index in [9.17, 15) is 14.7 Å². The highest BCUT2D eigenvalue weighted by Gasteiger charge is 2.34. The minimum Gasteiger partial charge on any atom is -0.482 e. The number of nitrogens with one attached hydrogen (secondary N) is 2. The molecule has 2 rings (SSSR count). The zero-order valence-electron chi connectivity index (χ0n) is 12.9. The molecule has 0 fully saturated rings. The second kappa shape index (κ2) is 6.79. The van der Waals surface area contributed by atoms with Crippen LogP contribution in [0.5, 0.6) is 5.75 Å². The first kappa shape index (κ1) is 16.3. The molecule has 1 aliphatic heterocycles. The summed E-state index contributed by atoms with van der Waals surface area (Å²) < 4.78 is 5.31. The molecule has 3 N–H and O–H groups in total. The summed E-state index contributed by atoms with van der Waals surface area (Å²) in [5, 5.41) is 15.4. The molecule has 0 unspecified atom stereocenters. The summed E-state index contributed by atoms with van der Waals surface area (Å²) in [5.74, 6) is -0.277. The number of hydrogen-bond donors (Lipinski definition) is 3. The van der Waals surface area contributed by atoms with Crippen LogP contribution in [0.4, 0.5) is 5.69 Å². The standard InChI is InChI=1S/C16H22N2O4/c1-3-16(4-2,15(20)21)10-17-8-11-5-6-13-12(7-11)18-14(19)9-22-13/h5-7,17H,3-4,8-10H2,1-2H3,(H,18,19)(H,20,21). The molecule has 0 spiro atoms. The number of anilines is 1. The first-order valence-corrected chi connectivity index (χ1v) is 7.50. The van der Waals surface area contributed by atoms with Crippen LogP contribution in [0.15, 0.2) is 18.2 Å². The van der Waals surface area contributed by atoms with Gasteiger partial charge >= 0.3 is 5.97 Å². The zero-order chi connectivity index (χ0) is 16.2. The lowest BCUT2D eigenvalue weighted by Gasteiger charge is -2.27. The lowest BCUT2D eigenvalue weighted by molar-refractivity contribution is -0.149. The van der Waals surface area contributed by atoms with Gasteiger partial charge in [0.15, 0.2) is 6.61 Å². The van der Waals surface area contributed by atoms with E-state index in [2.05, 4.69) is 10.6 Å². The number of carboxylic acid groups (broad SMARTS) is 1. The summed E-state index contributed by atoms with van der Waals surface area (Å²) in [5.41, 5.74) is 0.896. The maximum atomic E-state index is 11.4. The monoisotopic (exact) mass is 306 g/mol. The number of fused-ring (bicyclic) bond motifs is 1. The van der Waals surface area contributed by atoms with Crippen LogP contribution >= 0.6 is 0 Å². The molecule has 1 aromatic carbocycles. The van der Waals surface area contributed by atoms with E-state index >= 15 is 0 Å². The fraction of sp³-hybridized carbons (Fsp3) is 0.500. The number of amides is 1. The molecule has 0 atom stereocenters. The summed E-state index contributed by atoms with van der Waals surface area (Å²) in [4.78, 5) is 22.8. The SMILES string of the molecule is CCC(CC)(CNCc1ccc2c(c1)NC(=O)CO2)C(=O)O. The fourth-order valence-corrected chi connectivity index (χ4v) is 2.56. The average molecular weight is 306 g/mol. The van der Waals surface area contributed by atoms with Gasteiger partial charge in [-0.1, -0.05) is 19.9 Å². The molecule has 22 heavy (non-hydrogen) atoms. The first-order chi connectivity index (χ1) is 10.5. The third-order valence-corrected chi connectivity index (χ3v) is 4.28. The van der Waals surface area contributed by atoms with Crippen LogP contribution in [-0.2, 0) is 16.1 Å². The van der Waals surface area contributed by atoms with Gasteiger partial charge in [0.2, 0.25) is 0 Å². The lowest BCUT2D eigenvalue weighted by atomic mass is 9.82. The van der Waals surface area contributed by atoms with Crippen LogP contribution < -0.4 is 15.4 Å². The van der Waals surface area contributed by atoms with Gasteiger partial charge in [-0.2, -0.15) is 0 Å². The zero-order valence-corrected chi connectivity index (χ0v) is 12.9. The Labute approximate surface area is 129 Å². The quantitative estimate of drug-likeness (QED) is 0.717. The van der Waals surface area contributed by atoms with Crippen molar-refractivity contribution < 1.29 is 19.4 Å². The molecule has 0 bridgehead atoms. The van der Waals surface area contributed by atoms with Crippen LogP contribution in [0.3, 0.4) is 0 Å². The molecule has 0 saturated carbocycles. The Morgan fingerprint density at radius 2 is 2.14 bits per heavy atom. The second-order valence-electron chi connectivity index (χ2n) is 5.56. The number of aliphatic carboxylic acids is 1. The summed E-state index contributed by atoms with van der Waals surface area (Å²) in [7, 11) is 0.